The summed E-state index contributed by atoms with van der Waals surface area (Å²) in [5.74, 6) is -2.92. The number of fused-ring (bicyclic) bond motifs is 1. The number of hydroxylamine groups is 2. The molecular weight excluding hydrogens is 765 g/mol. The zero-order chi connectivity index (χ0) is 39.7. The Hall–Kier alpha value is -5.20. The van der Waals surface area contributed by atoms with Crippen LogP contribution in [0, 0.1) is 5.92 Å². The van der Waals surface area contributed by atoms with E-state index in [9.17, 15) is 32.7 Å². The van der Waals surface area contributed by atoms with Gasteiger partial charge in [0.2, 0.25) is 6.20 Å². The number of amides is 3. The lowest BCUT2D eigenvalue weighted by molar-refractivity contribution is -0.782. The van der Waals surface area contributed by atoms with Crippen molar-refractivity contribution >= 4 is 56.3 Å². The first-order chi connectivity index (χ1) is 26.0. The Morgan fingerprint density at radius 1 is 1.22 bits per heavy atom. The lowest BCUT2D eigenvalue weighted by Crippen LogP contribution is -2.76. The van der Waals surface area contributed by atoms with Crippen LogP contribution in [0.2, 0.25) is 0 Å². The van der Waals surface area contributed by atoms with Gasteiger partial charge >= 0.3 is 16.4 Å². The number of aliphatic carboxylic acids is 1. The van der Waals surface area contributed by atoms with Crippen LogP contribution in [-0.2, 0) is 60.1 Å². The van der Waals surface area contributed by atoms with Gasteiger partial charge in [0.15, 0.2) is 17.4 Å². The highest BCUT2D eigenvalue weighted by atomic mass is 32.3. The van der Waals surface area contributed by atoms with Gasteiger partial charge in [0.25, 0.3) is 23.8 Å². The fourth-order valence-electron chi connectivity index (χ4n) is 6.28. The minimum Gasteiger partial charge on any atom is -0.489 e. The Bertz CT molecular complexity index is 2100. The molecule has 0 bridgehead atoms. The Balaban J connectivity index is 1.08. The van der Waals surface area contributed by atoms with E-state index in [4.69, 9.17) is 25.6 Å². The summed E-state index contributed by atoms with van der Waals surface area (Å²) in [4.78, 5) is 62.4. The number of carbonyl (C=O) groups excluding carboxylic acids is 3. The summed E-state index contributed by atoms with van der Waals surface area (Å²) >= 11 is 0.945. The summed E-state index contributed by atoms with van der Waals surface area (Å²) in [6, 6.07) is 4.83. The van der Waals surface area contributed by atoms with E-state index in [1.54, 1.807) is 17.0 Å². The predicted octanol–water partition coefficient (Wildman–Crippen LogP) is -1.37. The van der Waals surface area contributed by atoms with E-state index < -0.39 is 58.2 Å². The topological polar surface area (TPSA) is 287 Å². The van der Waals surface area contributed by atoms with Crippen LogP contribution in [0.5, 0.6) is 5.75 Å². The van der Waals surface area contributed by atoms with Crippen LogP contribution in [0.1, 0.15) is 47.6 Å². The highest BCUT2D eigenvalue weighted by Gasteiger charge is 2.58. The molecule has 8 N–H and O–H groups in total. The van der Waals surface area contributed by atoms with Crippen molar-refractivity contribution in [1.82, 2.24) is 30.3 Å². The fraction of sp³-hybridized carbons (Fsp3) is 0.469. The number of nitrogens with two attached hydrogens (primary N) is 2. The molecule has 0 saturated carbocycles. The van der Waals surface area contributed by atoms with Crippen molar-refractivity contribution in [3.05, 3.63) is 58.4 Å². The zero-order valence-corrected chi connectivity index (χ0v) is 31.4. The number of oxime groups is 1. The molecule has 3 aliphatic rings. The van der Waals surface area contributed by atoms with Gasteiger partial charge in [-0.1, -0.05) is 5.16 Å². The van der Waals surface area contributed by atoms with Gasteiger partial charge in [0.1, 0.15) is 29.8 Å². The van der Waals surface area contributed by atoms with Crippen LogP contribution in [0.3, 0.4) is 0 Å². The summed E-state index contributed by atoms with van der Waals surface area (Å²) in [5, 5.41) is 21.0. The number of nitrogens with zero attached hydrogens (tertiary/aromatic N) is 6. The smallest absolute Gasteiger partial charge is 0.418 e. The van der Waals surface area contributed by atoms with Gasteiger partial charge in [-0.05, 0) is 51.1 Å². The van der Waals surface area contributed by atoms with Crippen molar-refractivity contribution < 1.29 is 55.8 Å². The molecule has 2 atom stereocenters. The van der Waals surface area contributed by atoms with Crippen LogP contribution in [-0.4, -0.2) is 111 Å². The van der Waals surface area contributed by atoms with Crippen molar-refractivity contribution in [2.75, 3.05) is 32.0 Å². The normalized spacial score (nSPS) is 18.7. The lowest BCUT2D eigenvalue weighted by atomic mass is 9.84. The average Bonchev–Trinajstić information content (AvgIpc) is 3.82. The second-order valence-electron chi connectivity index (χ2n) is 13.6. The predicted molar refractivity (Wildman–Crippen MR) is 191 cm³/mol. The van der Waals surface area contributed by atoms with Gasteiger partial charge in [0.05, 0.1) is 30.7 Å². The SMILES string of the molecule is CC1(C)[C@H](NC(=O)/C(=N\O[C@@H](COc2ccc(C(=O)N3Cc4c[n+](CC5CNC5)n(CCCN)c4C3)cc2)C(=O)O)c2csc(N)n2)C(=O)N1OS(=O)(=O)O. The van der Waals surface area contributed by atoms with Crippen LogP contribution >= 0.6 is 11.3 Å². The molecule has 6 rings (SSSR count). The van der Waals surface area contributed by atoms with E-state index in [-0.39, 0.29) is 22.5 Å². The molecule has 5 heterocycles. The van der Waals surface area contributed by atoms with E-state index in [1.807, 2.05) is 0 Å². The second-order valence-corrected chi connectivity index (χ2v) is 15.5. The first kappa shape index (κ1) is 39.5. The number of rotatable bonds is 17. The molecule has 296 valence electrons. The molecule has 3 aliphatic heterocycles. The maximum atomic E-state index is 13.5. The number of thiazole rings is 1. The number of hydrogen-bond acceptors (Lipinski definition) is 15. The molecule has 0 spiro atoms. The number of β-lactam (4-membered cyclic amide) rings is 1. The molecule has 0 aliphatic carbocycles. The van der Waals surface area contributed by atoms with Gasteiger partial charge in [-0.2, -0.15) is 18.2 Å². The van der Waals surface area contributed by atoms with E-state index in [1.165, 1.54) is 31.4 Å². The maximum Gasteiger partial charge on any atom is 0.418 e. The number of nitrogens with one attached hydrogen (secondary N) is 2. The number of carboxylic acid groups (broad SMARTS) is 1. The van der Waals surface area contributed by atoms with Crippen LogP contribution < -0.4 is 31.5 Å². The number of hydrogen-bond donors (Lipinski definition) is 6. The van der Waals surface area contributed by atoms with Crippen LogP contribution in [0.4, 0.5) is 5.13 Å². The van der Waals surface area contributed by atoms with Crippen molar-refractivity contribution in [3.63, 3.8) is 0 Å². The molecule has 1 aromatic carbocycles. The molecule has 3 aromatic rings. The minimum absolute atomic E-state index is 0.0417. The van der Waals surface area contributed by atoms with Crippen LogP contribution in [0.15, 0.2) is 41.0 Å². The Labute approximate surface area is 318 Å². The number of anilines is 1. The quantitative estimate of drug-likeness (QED) is 0.0302. The van der Waals surface area contributed by atoms with E-state index in [2.05, 4.69) is 40.6 Å². The third-order valence-corrected chi connectivity index (χ3v) is 10.3. The molecule has 2 fully saturated rings. The largest absolute Gasteiger partial charge is 0.489 e. The number of nitrogen functional groups attached to an aromatic ring is 1. The standard InChI is InChI=1S/C32H40N10O11S2/c1-32(2)26(29(45)42(32)53-55(48,49)50)37-27(43)25(22-17-54-31(34)36-22)38-52-24(30(46)47)16-51-21-6-4-19(5-7-21)28(44)39-13-20-14-40(12-18-10-35-11-18)41(9-3-8-33)23(20)15-39/h4-7,14,17-18,24,26,35H,3,8-13,15-16,33H2,1-2H3,(H4-,34,36,37,43,46,47,48,49,50)/p+1/b38-25-/t24-,26+/m0/s1. The second kappa shape index (κ2) is 15.9. The average molecular weight is 806 g/mol. The van der Waals surface area contributed by atoms with Gasteiger partial charge in [-0.15, -0.1) is 20.3 Å². The third kappa shape index (κ3) is 8.71. The highest BCUT2D eigenvalue weighted by molar-refractivity contribution is 7.80. The zero-order valence-electron chi connectivity index (χ0n) is 29.8. The van der Waals surface area contributed by atoms with Crippen molar-refractivity contribution in [2.45, 2.75) is 64.1 Å². The molecule has 2 aromatic heterocycles. The summed E-state index contributed by atoms with van der Waals surface area (Å²) in [7, 11) is -5.04. The molecule has 23 heteroatoms. The third-order valence-electron chi connectivity index (χ3n) is 9.32. The molecule has 2 saturated heterocycles. The first-order valence-electron chi connectivity index (χ1n) is 17.1. The molecule has 55 heavy (non-hydrogen) atoms. The van der Waals surface area contributed by atoms with Gasteiger partial charge < -0.3 is 41.7 Å². The minimum atomic E-state index is -5.04. The Kier molecular flexibility index (Phi) is 11.4. The number of carbonyl (C=O) groups is 4. The number of ether oxygens (including phenoxy) is 1. The first-order valence-corrected chi connectivity index (χ1v) is 19.3. The monoisotopic (exact) mass is 805 g/mol. The molecule has 21 nitrogen and oxygen atoms in total. The van der Waals surface area contributed by atoms with Crippen LogP contribution in [0.25, 0.3) is 0 Å². The summed E-state index contributed by atoms with van der Waals surface area (Å²) in [5.41, 5.74) is 12.0. The van der Waals surface area contributed by atoms with E-state index in [0.29, 0.717) is 36.2 Å². The van der Waals surface area contributed by atoms with Gasteiger partial charge in [-0.25, -0.2) is 9.78 Å². The Morgan fingerprint density at radius 3 is 2.53 bits per heavy atom. The highest BCUT2D eigenvalue weighted by Crippen LogP contribution is 2.33. The lowest BCUT2D eigenvalue weighted by Gasteiger charge is -2.50. The molecule has 0 unspecified atom stereocenters. The number of aromatic nitrogens is 3. The molecule has 0 radical (unpaired) electrons. The molecule has 3 amide bonds. The van der Waals surface area contributed by atoms with Crippen molar-refractivity contribution in [1.29, 1.82) is 0 Å². The summed E-state index contributed by atoms with van der Waals surface area (Å²) in [6.07, 6.45) is 1.20. The number of carboxylic acids is 1. The van der Waals surface area contributed by atoms with Gasteiger partial charge in [-0.3, -0.25) is 18.9 Å². The molecular formula is C32H41N10O11S2+. The fourth-order valence-corrected chi connectivity index (χ4v) is 7.28. The Morgan fingerprint density at radius 2 is 1.95 bits per heavy atom. The van der Waals surface area contributed by atoms with Gasteiger partial charge in [0, 0.05) is 30.0 Å². The maximum absolute atomic E-state index is 13.5. The summed E-state index contributed by atoms with van der Waals surface area (Å²) in [6.45, 7) is 7.25. The van der Waals surface area contributed by atoms with E-state index >= 15 is 0 Å². The van der Waals surface area contributed by atoms with Crippen molar-refractivity contribution in [3.8, 4) is 5.75 Å². The van der Waals surface area contributed by atoms with Crippen molar-refractivity contribution in [2.24, 2.45) is 16.8 Å². The van der Waals surface area contributed by atoms with E-state index in [0.717, 1.165) is 55.2 Å². The summed E-state index contributed by atoms with van der Waals surface area (Å²) < 4.78 is 45.7. The number of benzene rings is 1.